The van der Waals surface area contributed by atoms with Gasteiger partial charge in [-0.3, -0.25) is 4.79 Å². The van der Waals surface area contributed by atoms with Gasteiger partial charge in [0.15, 0.2) is 6.29 Å². The van der Waals surface area contributed by atoms with Crippen LogP contribution in [0.3, 0.4) is 0 Å². The van der Waals surface area contributed by atoms with Crippen molar-refractivity contribution in [3.05, 3.63) is 35.1 Å². The van der Waals surface area contributed by atoms with E-state index in [1.54, 1.807) is 0 Å². The number of hydrogen-bond donors (Lipinski definition) is 0. The molecule has 0 spiro atoms. The van der Waals surface area contributed by atoms with Gasteiger partial charge in [-0.25, -0.2) is 13.2 Å². The molecular weight excluding hydrogens is 181 g/mol. The van der Waals surface area contributed by atoms with Gasteiger partial charge in [0.2, 0.25) is 0 Å². The number of carbonyl (C=O) groups excluding carboxylic acids is 1. The van der Waals surface area contributed by atoms with Gasteiger partial charge in [0.25, 0.3) is 0 Å². The number of aldehydes is 1. The molecule has 4 heteroatoms. The molecule has 0 unspecified atom stereocenters. The first kappa shape index (κ1) is 9.33. The van der Waals surface area contributed by atoms with Gasteiger partial charge in [-0.05, 0) is 5.92 Å². The van der Waals surface area contributed by atoms with Gasteiger partial charge in [0, 0.05) is 12.1 Å². The van der Waals surface area contributed by atoms with Gasteiger partial charge in [-0.15, -0.1) is 0 Å². The predicted molar refractivity (Wildman–Crippen MR) is 39.3 cm³/mol. The van der Waals surface area contributed by atoms with E-state index in [4.69, 9.17) is 0 Å². The Hall–Kier alpha value is -1.76. The number of carbonyl (C=O) groups is 1. The summed E-state index contributed by atoms with van der Waals surface area (Å²) in [4.78, 5) is 9.78. The maximum atomic E-state index is 12.7. The summed E-state index contributed by atoms with van der Waals surface area (Å²) in [6.07, 6.45) is 0.197. The van der Waals surface area contributed by atoms with Crippen LogP contribution >= 0.6 is 0 Å². The molecule has 1 aromatic rings. The maximum absolute atomic E-state index is 12.7. The predicted octanol–water partition coefficient (Wildman–Crippen LogP) is 1.65. The van der Waals surface area contributed by atoms with E-state index in [2.05, 4.69) is 0 Å². The van der Waals surface area contributed by atoms with Crippen LogP contribution in [0.1, 0.15) is 5.56 Å². The zero-order chi connectivity index (χ0) is 9.84. The van der Waals surface area contributed by atoms with Crippen molar-refractivity contribution >= 4 is 6.29 Å². The number of rotatable bonds is 0. The molecule has 1 rings (SSSR count). The second-order valence-electron chi connectivity index (χ2n) is 2.13. The molecule has 13 heavy (non-hydrogen) atoms. The fourth-order valence-corrected chi connectivity index (χ4v) is 0.763. The second-order valence-corrected chi connectivity index (χ2v) is 2.13. The van der Waals surface area contributed by atoms with Crippen LogP contribution in [0.5, 0.6) is 0 Å². The van der Waals surface area contributed by atoms with Crippen LogP contribution in [-0.2, 0) is 4.79 Å². The molecule has 0 bridgehead atoms. The van der Waals surface area contributed by atoms with E-state index in [1.165, 1.54) is 0 Å². The number of hydrogen-bond acceptors (Lipinski definition) is 1. The molecule has 0 aliphatic heterocycles. The fourth-order valence-electron chi connectivity index (χ4n) is 0.763. The summed E-state index contributed by atoms with van der Waals surface area (Å²) in [5.41, 5.74) is -0.603. The zero-order valence-electron chi connectivity index (χ0n) is 6.27. The standard InChI is InChI=1S/C9H3F3O/c10-6-4-8(11)7(2-1-3-13)9(12)5-6/h3-5H. The van der Waals surface area contributed by atoms with Crippen LogP contribution in [0.2, 0.25) is 0 Å². The minimum atomic E-state index is -1.12. The molecule has 1 aromatic carbocycles. The maximum Gasteiger partial charge on any atom is 0.193 e. The highest BCUT2D eigenvalue weighted by molar-refractivity contribution is 5.74. The van der Waals surface area contributed by atoms with Crippen LogP contribution in [0.15, 0.2) is 12.1 Å². The third-order valence-corrected chi connectivity index (χ3v) is 1.26. The molecule has 1 nitrogen and oxygen atoms in total. The van der Waals surface area contributed by atoms with Gasteiger partial charge in [-0.1, -0.05) is 5.92 Å². The van der Waals surface area contributed by atoms with Gasteiger partial charge < -0.3 is 0 Å². The largest absolute Gasteiger partial charge is 0.289 e. The zero-order valence-corrected chi connectivity index (χ0v) is 6.27. The Morgan fingerprint density at radius 2 is 1.69 bits per heavy atom. The highest BCUT2D eigenvalue weighted by Gasteiger charge is 2.08. The molecule has 0 aromatic heterocycles. The Balaban J connectivity index is 3.28. The number of halogens is 3. The van der Waals surface area contributed by atoms with Crippen molar-refractivity contribution in [2.45, 2.75) is 0 Å². The molecule has 0 aliphatic rings. The summed E-state index contributed by atoms with van der Waals surface area (Å²) in [5.74, 6) is 0.497. The normalized spacial score (nSPS) is 8.85. The molecule has 0 saturated carbocycles. The fraction of sp³-hybridized carbons (Fsp3) is 0. The van der Waals surface area contributed by atoms with Gasteiger partial charge in [0.1, 0.15) is 17.5 Å². The SMILES string of the molecule is O=CC#Cc1c(F)cc(F)cc1F. The Labute approximate surface area is 72.2 Å². The van der Waals surface area contributed by atoms with Crippen molar-refractivity contribution in [2.24, 2.45) is 0 Å². The van der Waals surface area contributed by atoms with Crippen molar-refractivity contribution in [3.63, 3.8) is 0 Å². The highest BCUT2D eigenvalue weighted by Crippen LogP contribution is 2.12. The first-order valence-corrected chi connectivity index (χ1v) is 3.25. The molecular formula is C9H3F3O. The topological polar surface area (TPSA) is 17.1 Å². The van der Waals surface area contributed by atoms with Crippen LogP contribution < -0.4 is 0 Å². The van der Waals surface area contributed by atoms with Crippen molar-refractivity contribution < 1.29 is 18.0 Å². The molecule has 0 amide bonds. The lowest BCUT2D eigenvalue weighted by atomic mass is 10.2. The van der Waals surface area contributed by atoms with Crippen molar-refractivity contribution in [2.75, 3.05) is 0 Å². The molecule has 66 valence electrons. The summed E-state index contributed by atoms with van der Waals surface area (Å²) in [6, 6.07) is 0.996. The third-order valence-electron chi connectivity index (χ3n) is 1.26. The number of benzene rings is 1. The monoisotopic (exact) mass is 184 g/mol. The Morgan fingerprint density at radius 3 is 2.15 bits per heavy atom. The quantitative estimate of drug-likeness (QED) is 0.442. The average Bonchev–Trinajstić information content (AvgIpc) is 2.02. The lowest BCUT2D eigenvalue weighted by Gasteiger charge is -1.96. The second kappa shape index (κ2) is 3.76. The third kappa shape index (κ3) is 2.09. The van der Waals surface area contributed by atoms with E-state index < -0.39 is 23.0 Å². The molecule has 0 N–H and O–H groups in total. The minimum Gasteiger partial charge on any atom is -0.289 e. The van der Waals surface area contributed by atoms with Crippen molar-refractivity contribution in [1.29, 1.82) is 0 Å². The molecule has 0 saturated heterocycles. The lowest BCUT2D eigenvalue weighted by Crippen LogP contribution is -1.92. The van der Waals surface area contributed by atoms with Crippen molar-refractivity contribution in [1.82, 2.24) is 0 Å². The molecule has 0 atom stereocenters. The first-order valence-electron chi connectivity index (χ1n) is 3.25. The van der Waals surface area contributed by atoms with E-state index in [1.807, 2.05) is 11.8 Å². The summed E-state index contributed by atoms with van der Waals surface area (Å²) < 4.78 is 37.8. The smallest absolute Gasteiger partial charge is 0.193 e. The van der Waals surface area contributed by atoms with Crippen LogP contribution in [0, 0.1) is 29.3 Å². The summed E-state index contributed by atoms with van der Waals surface area (Å²) >= 11 is 0. The van der Waals surface area contributed by atoms with Gasteiger partial charge in [0.05, 0.1) is 5.56 Å². The molecule has 0 aliphatic carbocycles. The highest BCUT2D eigenvalue weighted by atomic mass is 19.1. The Bertz CT molecular complexity index is 378. The van der Waals surface area contributed by atoms with E-state index in [0.29, 0.717) is 12.1 Å². The van der Waals surface area contributed by atoms with E-state index in [9.17, 15) is 18.0 Å². The van der Waals surface area contributed by atoms with Crippen LogP contribution in [-0.4, -0.2) is 6.29 Å². The molecule has 0 heterocycles. The summed E-state index contributed by atoms with van der Waals surface area (Å²) in [7, 11) is 0. The van der Waals surface area contributed by atoms with Crippen molar-refractivity contribution in [3.8, 4) is 11.8 Å². The molecule has 0 radical (unpaired) electrons. The Morgan fingerprint density at radius 1 is 1.15 bits per heavy atom. The Kier molecular flexibility index (Phi) is 2.70. The summed E-state index contributed by atoms with van der Waals surface area (Å²) in [5, 5.41) is 0. The molecule has 0 fully saturated rings. The average molecular weight is 184 g/mol. The van der Waals surface area contributed by atoms with E-state index in [0.717, 1.165) is 0 Å². The van der Waals surface area contributed by atoms with E-state index >= 15 is 0 Å². The van der Waals surface area contributed by atoms with Gasteiger partial charge >= 0.3 is 0 Å². The van der Waals surface area contributed by atoms with Crippen LogP contribution in [0.4, 0.5) is 13.2 Å². The van der Waals surface area contributed by atoms with Crippen LogP contribution in [0.25, 0.3) is 0 Å². The minimum absolute atomic E-state index is 0.197. The van der Waals surface area contributed by atoms with E-state index in [-0.39, 0.29) is 6.29 Å². The van der Waals surface area contributed by atoms with Gasteiger partial charge in [-0.2, -0.15) is 0 Å². The lowest BCUT2D eigenvalue weighted by molar-refractivity contribution is -0.103. The summed E-state index contributed by atoms with van der Waals surface area (Å²) in [6.45, 7) is 0. The first-order chi connectivity index (χ1) is 6.15.